The van der Waals surface area contributed by atoms with Gasteiger partial charge in [-0.05, 0) is 154 Å². The Morgan fingerprint density at radius 2 is 1.63 bits per heavy atom. The maximum atomic E-state index is 14.1. The Balaban J connectivity index is 0.903. The predicted molar refractivity (Wildman–Crippen MR) is 289 cm³/mol. The van der Waals surface area contributed by atoms with Crippen LogP contribution in [0.2, 0.25) is 5.02 Å². The number of hydrogen-bond acceptors (Lipinski definition) is 11. The molecule has 4 heterocycles. The summed E-state index contributed by atoms with van der Waals surface area (Å²) in [4.78, 5) is 41.8. The van der Waals surface area contributed by atoms with E-state index in [1.807, 2.05) is 36.4 Å². The Morgan fingerprint density at radius 3 is 2.38 bits per heavy atom. The van der Waals surface area contributed by atoms with Crippen LogP contribution in [-0.2, 0) is 15.6 Å². The summed E-state index contributed by atoms with van der Waals surface area (Å²) < 4.78 is 64.3. The van der Waals surface area contributed by atoms with Crippen molar-refractivity contribution in [3.05, 3.63) is 107 Å². The number of nitrogens with one attached hydrogen (secondary N) is 3. The highest BCUT2D eigenvalue weighted by atomic mass is 35.5. The van der Waals surface area contributed by atoms with Gasteiger partial charge in [-0.2, -0.15) is 13.2 Å². The van der Waals surface area contributed by atoms with Crippen LogP contribution in [0.15, 0.2) is 101 Å². The van der Waals surface area contributed by atoms with Gasteiger partial charge in [-0.3, -0.25) is 14.4 Å². The van der Waals surface area contributed by atoms with E-state index < -0.39 is 27.1 Å². The van der Waals surface area contributed by atoms with E-state index in [0.717, 1.165) is 158 Å². The van der Waals surface area contributed by atoms with Gasteiger partial charge in [0.05, 0.1) is 22.3 Å². The summed E-state index contributed by atoms with van der Waals surface area (Å²) in [5.74, 6) is 0.213. The number of aldehydes is 1. The van der Waals surface area contributed by atoms with Crippen LogP contribution in [-0.4, -0.2) is 125 Å². The van der Waals surface area contributed by atoms with Gasteiger partial charge in [0.1, 0.15) is 23.4 Å². The molecule has 2 fully saturated rings. The third-order valence-corrected chi connectivity index (χ3v) is 16.3. The van der Waals surface area contributed by atoms with Crippen molar-refractivity contribution >= 4 is 74.5 Å². The van der Waals surface area contributed by atoms with Crippen molar-refractivity contribution in [2.75, 3.05) is 88.8 Å². The van der Waals surface area contributed by atoms with E-state index in [2.05, 4.69) is 65.6 Å². The second kappa shape index (κ2) is 25.6. The molecule has 0 spiro atoms. The van der Waals surface area contributed by atoms with Gasteiger partial charge in [0, 0.05) is 92.0 Å². The number of allylic oxidation sites excluding steroid dienone is 1. The van der Waals surface area contributed by atoms with E-state index in [4.69, 9.17) is 16.3 Å². The minimum atomic E-state index is -4.98. The SMILES string of the molecule is CC1(C)CCC(CN2CCN(c3ccc(C(=O)NSc4ccc(NCCCN5CCCN(CCCCCCC=O)CC5)c(S(=O)C(F)(F)F)c4)c(Oc4cnc5[nH]ccc5c4)c3)CC2)=C(c2ccc(Cl)cc2)C1. The second-order valence-corrected chi connectivity index (χ2v) is 22.9. The number of piperazine rings is 1. The second-order valence-electron chi connectivity index (χ2n) is 20.2. The molecule has 1 amide bonds. The van der Waals surface area contributed by atoms with Crippen LogP contribution >= 0.6 is 23.5 Å². The molecule has 0 saturated carbocycles. The first-order chi connectivity index (χ1) is 35.2. The molecule has 392 valence electrons. The van der Waals surface area contributed by atoms with Gasteiger partial charge in [0.2, 0.25) is 0 Å². The van der Waals surface area contributed by atoms with E-state index in [1.165, 1.54) is 28.8 Å². The molecule has 0 bridgehead atoms. The number of rotatable bonds is 22. The van der Waals surface area contributed by atoms with Gasteiger partial charge >= 0.3 is 5.51 Å². The van der Waals surface area contributed by atoms with Crippen molar-refractivity contribution in [2.45, 2.75) is 93.4 Å². The smallest absolute Gasteiger partial charge is 0.455 e. The average Bonchev–Trinajstić information content (AvgIpc) is 3.73. The van der Waals surface area contributed by atoms with Crippen molar-refractivity contribution in [2.24, 2.45) is 5.41 Å². The molecular formula is C55H68ClF3N8O4S2. The number of hydrogen-bond donors (Lipinski definition) is 3. The topological polar surface area (TPSA) is 126 Å². The Morgan fingerprint density at radius 1 is 0.890 bits per heavy atom. The lowest BCUT2D eigenvalue weighted by Crippen LogP contribution is -2.47. The quantitative estimate of drug-likeness (QED) is 0.0348. The maximum Gasteiger partial charge on any atom is 0.475 e. The molecule has 73 heavy (non-hydrogen) atoms. The summed E-state index contributed by atoms with van der Waals surface area (Å²) in [6.07, 6.45) is 14.2. The van der Waals surface area contributed by atoms with E-state index >= 15 is 0 Å². The Labute approximate surface area is 439 Å². The fraction of sp³-hybridized carbons (Fsp3) is 0.473. The molecule has 12 nitrogen and oxygen atoms in total. The monoisotopic (exact) mass is 1060 g/mol. The lowest BCUT2D eigenvalue weighted by atomic mass is 9.72. The Kier molecular flexibility index (Phi) is 19.0. The molecule has 8 rings (SSSR count). The molecular weight excluding hydrogens is 993 g/mol. The standard InChI is InChI=1S/C55H68ClF3N8O4S2/c1-54(2)20-18-42(48(37-54)40-10-12-43(56)13-11-40)39-66-29-31-67(32-30-66)44-14-16-47(50(35-44)71-45-34-41-19-22-61-52(41)62-38-45)53(69)63-72-46-15-17-49(51(36-46)73(70)55(57,58)59)60-21-8-24-65-26-9-25-64(27-28-65)23-6-4-3-5-7-33-68/h10-17,19,22,33-36,38,60H,3-9,18,20-21,23-32,37,39H2,1-2H3,(H,61,62)(H,63,69). The summed E-state index contributed by atoms with van der Waals surface area (Å²) in [6, 6.07) is 21.7. The number of aromatic amines is 1. The number of anilines is 2. The molecule has 1 unspecified atom stereocenters. The molecule has 2 aliphatic heterocycles. The molecule has 1 aliphatic carbocycles. The summed E-state index contributed by atoms with van der Waals surface area (Å²) in [6.45, 7) is 14.9. The number of nitrogens with zero attached hydrogens (tertiary/aromatic N) is 5. The number of amides is 1. The number of halogens is 4. The van der Waals surface area contributed by atoms with E-state index in [9.17, 15) is 27.0 Å². The molecule has 0 radical (unpaired) electrons. The molecule has 3 aliphatic rings. The fourth-order valence-corrected chi connectivity index (χ4v) is 11.7. The highest BCUT2D eigenvalue weighted by Crippen LogP contribution is 2.44. The highest BCUT2D eigenvalue weighted by Gasteiger charge is 2.39. The van der Waals surface area contributed by atoms with Crippen LogP contribution in [0.5, 0.6) is 11.5 Å². The van der Waals surface area contributed by atoms with Crippen molar-refractivity contribution in [3.8, 4) is 11.5 Å². The molecule has 5 aromatic rings. The van der Waals surface area contributed by atoms with Gasteiger partial charge in [0.25, 0.3) is 5.91 Å². The van der Waals surface area contributed by atoms with E-state index in [1.54, 1.807) is 24.5 Å². The fourth-order valence-electron chi connectivity index (χ4n) is 10.0. The first-order valence-electron chi connectivity index (χ1n) is 25.6. The van der Waals surface area contributed by atoms with E-state index in [0.29, 0.717) is 36.5 Å². The predicted octanol–water partition coefficient (Wildman–Crippen LogP) is 11.8. The lowest BCUT2D eigenvalue weighted by Gasteiger charge is -2.39. The van der Waals surface area contributed by atoms with Gasteiger partial charge in [0.15, 0.2) is 10.8 Å². The molecule has 3 N–H and O–H groups in total. The first kappa shape index (κ1) is 54.4. The van der Waals surface area contributed by atoms with Crippen LogP contribution in [0.1, 0.15) is 94.0 Å². The molecule has 2 aromatic heterocycles. The average molecular weight is 1060 g/mol. The van der Waals surface area contributed by atoms with Crippen molar-refractivity contribution < 1.29 is 31.7 Å². The van der Waals surface area contributed by atoms with Crippen LogP contribution in [0.4, 0.5) is 24.5 Å². The lowest BCUT2D eigenvalue weighted by molar-refractivity contribution is -0.107. The number of fused-ring (bicyclic) bond motifs is 1. The third kappa shape index (κ3) is 15.3. The largest absolute Gasteiger partial charge is 0.475 e. The van der Waals surface area contributed by atoms with Crippen LogP contribution in [0.3, 0.4) is 0 Å². The Hall–Kier alpha value is -4.91. The maximum absolute atomic E-state index is 14.1. The minimum Gasteiger partial charge on any atom is -0.455 e. The number of pyridine rings is 1. The molecule has 3 aromatic carbocycles. The number of carbonyl (C=O) groups excluding carboxylic acids is 2. The Bertz CT molecular complexity index is 2710. The normalized spacial score (nSPS) is 17.6. The number of H-pyrrole nitrogens is 1. The van der Waals surface area contributed by atoms with Crippen molar-refractivity contribution in [1.29, 1.82) is 0 Å². The van der Waals surface area contributed by atoms with Crippen LogP contribution in [0.25, 0.3) is 16.6 Å². The zero-order valence-corrected chi connectivity index (χ0v) is 44.3. The number of benzene rings is 3. The van der Waals surface area contributed by atoms with E-state index in [-0.39, 0.29) is 21.6 Å². The number of unbranched alkanes of at least 4 members (excludes halogenated alkanes) is 4. The summed E-state index contributed by atoms with van der Waals surface area (Å²) in [5, 5.41) is 4.69. The van der Waals surface area contributed by atoms with Gasteiger partial charge < -0.3 is 34.5 Å². The zero-order chi connectivity index (χ0) is 51.4. The first-order valence-corrected chi connectivity index (χ1v) is 28.0. The number of carbonyl (C=O) groups is 2. The summed E-state index contributed by atoms with van der Waals surface area (Å²) in [7, 11) is -3.31. The number of alkyl halides is 3. The van der Waals surface area contributed by atoms with Crippen molar-refractivity contribution in [3.63, 3.8) is 0 Å². The molecule has 1 atom stereocenters. The van der Waals surface area contributed by atoms with Gasteiger partial charge in [-0.25, -0.2) is 9.19 Å². The van der Waals surface area contributed by atoms with Crippen LogP contribution < -0.4 is 19.7 Å². The van der Waals surface area contributed by atoms with Crippen LogP contribution in [0, 0.1) is 5.41 Å². The zero-order valence-electron chi connectivity index (χ0n) is 41.9. The minimum absolute atomic E-state index is 0.138. The summed E-state index contributed by atoms with van der Waals surface area (Å²) in [5.41, 5.74) is 1.34. The van der Waals surface area contributed by atoms with Gasteiger partial charge in [-0.1, -0.05) is 56.0 Å². The number of aromatic nitrogens is 2. The van der Waals surface area contributed by atoms with Gasteiger partial charge in [-0.15, -0.1) is 0 Å². The molecule has 2 saturated heterocycles. The van der Waals surface area contributed by atoms with Crippen molar-refractivity contribution in [1.82, 2.24) is 29.4 Å². The number of ether oxygens (including phenoxy) is 1. The summed E-state index contributed by atoms with van der Waals surface area (Å²) >= 11 is 7.11. The highest BCUT2D eigenvalue weighted by molar-refractivity contribution is 7.98. The third-order valence-electron chi connectivity index (χ3n) is 14.2. The molecule has 18 heteroatoms.